The van der Waals surface area contributed by atoms with Gasteiger partial charge in [0.25, 0.3) is 0 Å². The third-order valence-electron chi connectivity index (χ3n) is 7.15. The van der Waals surface area contributed by atoms with Gasteiger partial charge in [-0.25, -0.2) is 0 Å². The molecule has 1 aromatic rings. The van der Waals surface area contributed by atoms with Crippen LogP contribution in [0.15, 0.2) is 36.4 Å². The topological polar surface area (TPSA) is 55.7 Å². The van der Waals surface area contributed by atoms with Crippen molar-refractivity contribution < 1.29 is 10.2 Å². The molecule has 0 aromatic heterocycles. The molecule has 3 aliphatic heterocycles. The highest BCUT2D eigenvalue weighted by Crippen LogP contribution is 2.61. The fourth-order valence-corrected chi connectivity index (χ4v) is 6.01. The Balaban J connectivity index is 1.69. The van der Waals surface area contributed by atoms with Crippen molar-refractivity contribution >= 4 is 5.69 Å². The van der Waals surface area contributed by atoms with Gasteiger partial charge in [-0.1, -0.05) is 24.8 Å². The van der Waals surface area contributed by atoms with E-state index in [0.717, 1.165) is 25.0 Å². The fraction of sp³-hybridized carbons (Fsp3) is 0.579. The molecule has 1 aromatic carbocycles. The summed E-state index contributed by atoms with van der Waals surface area (Å²) in [5.41, 5.74) is 2.71. The SMILES string of the molecule is C=C1C2CC3N(CCC34c3ccccc3NC14)CC2(O)C(C)O. The molecule has 2 saturated heterocycles. The molecule has 1 saturated carbocycles. The third kappa shape index (κ3) is 1.44. The van der Waals surface area contributed by atoms with Crippen molar-refractivity contribution in [3.05, 3.63) is 42.0 Å². The quantitative estimate of drug-likeness (QED) is 0.688. The summed E-state index contributed by atoms with van der Waals surface area (Å²) in [5, 5.41) is 25.2. The van der Waals surface area contributed by atoms with Crippen LogP contribution in [0, 0.1) is 5.92 Å². The van der Waals surface area contributed by atoms with Crippen molar-refractivity contribution in [2.75, 3.05) is 18.4 Å². The number of benzene rings is 1. The maximum Gasteiger partial charge on any atom is 0.109 e. The number of anilines is 1. The molecular formula is C19H24N2O2. The summed E-state index contributed by atoms with van der Waals surface area (Å²) in [6, 6.07) is 9.22. The molecular weight excluding hydrogens is 288 g/mol. The van der Waals surface area contributed by atoms with Crippen molar-refractivity contribution in [3.63, 3.8) is 0 Å². The molecule has 3 fully saturated rings. The van der Waals surface area contributed by atoms with E-state index < -0.39 is 11.7 Å². The van der Waals surface area contributed by atoms with Gasteiger partial charge < -0.3 is 15.5 Å². The number of piperidine rings is 1. The molecule has 6 unspecified atom stereocenters. The highest BCUT2D eigenvalue weighted by molar-refractivity contribution is 5.67. The summed E-state index contributed by atoms with van der Waals surface area (Å²) in [6.07, 6.45) is 1.24. The number of hydrogen-bond donors (Lipinski definition) is 3. The van der Waals surface area contributed by atoms with Crippen LogP contribution in [0.5, 0.6) is 0 Å². The number of aliphatic hydroxyl groups is 2. The molecule has 4 aliphatic rings. The largest absolute Gasteiger partial charge is 0.390 e. The predicted molar refractivity (Wildman–Crippen MR) is 89.4 cm³/mol. The number of hydrogen-bond acceptors (Lipinski definition) is 4. The minimum Gasteiger partial charge on any atom is -0.390 e. The number of rotatable bonds is 1. The van der Waals surface area contributed by atoms with Crippen molar-refractivity contribution in [3.8, 4) is 0 Å². The van der Waals surface area contributed by atoms with Gasteiger partial charge in [-0.15, -0.1) is 0 Å². The van der Waals surface area contributed by atoms with Crippen molar-refractivity contribution in [2.24, 2.45) is 5.92 Å². The zero-order chi connectivity index (χ0) is 16.0. The van der Waals surface area contributed by atoms with E-state index in [0.29, 0.717) is 12.6 Å². The molecule has 3 heterocycles. The molecule has 4 nitrogen and oxygen atoms in total. The van der Waals surface area contributed by atoms with Gasteiger partial charge in [-0.2, -0.15) is 0 Å². The number of aliphatic hydroxyl groups excluding tert-OH is 1. The molecule has 122 valence electrons. The second-order valence-electron chi connectivity index (χ2n) is 7.93. The molecule has 6 atom stereocenters. The Hall–Kier alpha value is -1.36. The van der Waals surface area contributed by atoms with Gasteiger partial charge in [-0.3, -0.25) is 4.90 Å². The van der Waals surface area contributed by atoms with Gasteiger partial charge in [-0.05, 0) is 43.5 Å². The van der Waals surface area contributed by atoms with E-state index in [-0.39, 0.29) is 17.4 Å². The normalized spacial score (nSPS) is 45.3. The lowest BCUT2D eigenvalue weighted by Gasteiger charge is -2.57. The summed E-state index contributed by atoms with van der Waals surface area (Å²) >= 11 is 0. The first-order chi connectivity index (χ1) is 11.0. The van der Waals surface area contributed by atoms with Gasteiger partial charge in [0.2, 0.25) is 0 Å². The van der Waals surface area contributed by atoms with Crippen LogP contribution in [-0.2, 0) is 5.41 Å². The first-order valence-corrected chi connectivity index (χ1v) is 8.68. The van der Waals surface area contributed by atoms with E-state index in [1.54, 1.807) is 6.92 Å². The van der Waals surface area contributed by atoms with Gasteiger partial charge in [0.1, 0.15) is 5.60 Å². The second kappa shape index (κ2) is 4.18. The lowest BCUT2D eigenvalue weighted by Crippen LogP contribution is -2.69. The van der Waals surface area contributed by atoms with Crippen LogP contribution in [0.25, 0.3) is 0 Å². The Kier molecular flexibility index (Phi) is 2.55. The minimum atomic E-state index is -1.08. The summed E-state index contributed by atoms with van der Waals surface area (Å²) in [6.45, 7) is 7.64. The van der Waals surface area contributed by atoms with Gasteiger partial charge in [0, 0.05) is 29.6 Å². The van der Waals surface area contributed by atoms with Gasteiger partial charge in [0.05, 0.1) is 12.1 Å². The molecule has 0 amide bonds. The Morgan fingerprint density at radius 2 is 2.17 bits per heavy atom. The predicted octanol–water partition coefficient (Wildman–Crippen LogP) is 1.49. The molecule has 3 N–H and O–H groups in total. The monoisotopic (exact) mass is 312 g/mol. The van der Waals surface area contributed by atoms with Crippen LogP contribution in [0.2, 0.25) is 0 Å². The summed E-state index contributed by atoms with van der Waals surface area (Å²) < 4.78 is 0. The van der Waals surface area contributed by atoms with Crippen LogP contribution in [0.4, 0.5) is 5.69 Å². The first-order valence-electron chi connectivity index (χ1n) is 8.68. The van der Waals surface area contributed by atoms with E-state index in [1.165, 1.54) is 11.3 Å². The zero-order valence-electron chi connectivity index (χ0n) is 13.5. The van der Waals surface area contributed by atoms with Crippen LogP contribution in [-0.4, -0.2) is 52.0 Å². The van der Waals surface area contributed by atoms with E-state index in [2.05, 4.69) is 41.1 Å². The summed E-state index contributed by atoms with van der Waals surface area (Å²) in [4.78, 5) is 2.41. The number of para-hydroxylation sites is 1. The smallest absolute Gasteiger partial charge is 0.109 e. The fourth-order valence-electron chi connectivity index (χ4n) is 6.01. The van der Waals surface area contributed by atoms with Gasteiger partial charge in [0.15, 0.2) is 0 Å². The Morgan fingerprint density at radius 3 is 2.96 bits per heavy atom. The van der Waals surface area contributed by atoms with Crippen LogP contribution >= 0.6 is 0 Å². The average Bonchev–Trinajstić information content (AvgIpc) is 3.07. The average molecular weight is 312 g/mol. The Labute approximate surface area is 136 Å². The molecule has 0 radical (unpaired) electrons. The standard InChI is InChI=1S/C19H24N2O2/c1-11-14-9-16-18(7-8-21(16)10-19(14,23)12(2)22)13-5-3-4-6-15(13)20-17(11)18/h3-6,12,14,16-17,20,22-23H,1,7-10H2,2H3. The summed E-state index contributed by atoms with van der Waals surface area (Å²) in [7, 11) is 0. The highest BCUT2D eigenvalue weighted by Gasteiger charge is 2.67. The lowest BCUT2D eigenvalue weighted by atomic mass is 9.55. The molecule has 1 aliphatic carbocycles. The van der Waals surface area contributed by atoms with Gasteiger partial charge >= 0.3 is 0 Å². The van der Waals surface area contributed by atoms with Crippen LogP contribution < -0.4 is 5.32 Å². The van der Waals surface area contributed by atoms with Crippen LogP contribution in [0.1, 0.15) is 25.3 Å². The van der Waals surface area contributed by atoms with Crippen molar-refractivity contribution in [2.45, 2.75) is 49.0 Å². The molecule has 2 bridgehead atoms. The summed E-state index contributed by atoms with van der Waals surface area (Å²) in [5.74, 6) is -0.0400. The number of nitrogens with one attached hydrogen (secondary N) is 1. The zero-order valence-corrected chi connectivity index (χ0v) is 13.5. The molecule has 23 heavy (non-hydrogen) atoms. The Bertz CT molecular complexity index is 702. The number of nitrogens with zero attached hydrogens (tertiary/aromatic N) is 1. The van der Waals surface area contributed by atoms with Crippen molar-refractivity contribution in [1.29, 1.82) is 0 Å². The first kappa shape index (κ1) is 14.0. The second-order valence-corrected chi connectivity index (χ2v) is 7.93. The van der Waals surface area contributed by atoms with Crippen molar-refractivity contribution in [1.82, 2.24) is 4.90 Å². The van der Waals surface area contributed by atoms with Crippen LogP contribution in [0.3, 0.4) is 0 Å². The molecule has 4 heteroatoms. The minimum absolute atomic E-state index is 0.0400. The number of fused-ring (bicyclic) bond motifs is 2. The van der Waals surface area contributed by atoms with E-state index >= 15 is 0 Å². The molecule has 5 rings (SSSR count). The third-order valence-corrected chi connectivity index (χ3v) is 7.15. The lowest BCUT2D eigenvalue weighted by molar-refractivity contribution is -0.151. The van der Waals surface area contributed by atoms with E-state index in [1.807, 2.05) is 0 Å². The Morgan fingerprint density at radius 1 is 1.39 bits per heavy atom. The molecule has 1 spiro atoms. The maximum atomic E-state index is 11.2. The maximum absolute atomic E-state index is 11.2. The highest BCUT2D eigenvalue weighted by atomic mass is 16.3. The van der Waals surface area contributed by atoms with E-state index in [4.69, 9.17) is 0 Å². The van der Waals surface area contributed by atoms with E-state index in [9.17, 15) is 10.2 Å².